The number of aromatic nitrogens is 1. The molecule has 1 aliphatic carbocycles. The highest BCUT2D eigenvalue weighted by atomic mass is 32.2. The van der Waals surface area contributed by atoms with E-state index in [-0.39, 0.29) is 11.9 Å². The lowest BCUT2D eigenvalue weighted by Crippen LogP contribution is -2.35. The molecule has 3 N–H and O–H groups in total. The molecule has 0 spiro atoms. The summed E-state index contributed by atoms with van der Waals surface area (Å²) in [6.45, 7) is 2.74. The van der Waals surface area contributed by atoms with E-state index in [4.69, 9.17) is 5.73 Å². The Morgan fingerprint density at radius 1 is 1.06 bits per heavy atom. The Labute approximate surface area is 215 Å². The number of rotatable bonds is 4. The number of benzene rings is 2. The summed E-state index contributed by atoms with van der Waals surface area (Å²) < 4.78 is 18.8. The van der Waals surface area contributed by atoms with Crippen LogP contribution in [0.2, 0.25) is 0 Å². The highest BCUT2D eigenvalue weighted by Crippen LogP contribution is 2.49. The first-order valence-corrected chi connectivity index (χ1v) is 14.2. The SMILES string of the molecule is CN(C)S(=O)NC(=O)c1ccc2c(C3CCCCC3)c3n(c2c1)CCN1CC[C@@H](N)c2cccc-3c21. The number of carbonyl (C=O) groups excluding carboxylic acids is 1. The minimum absolute atomic E-state index is 0.0677. The van der Waals surface area contributed by atoms with Crippen LogP contribution in [0.4, 0.5) is 5.69 Å². The maximum absolute atomic E-state index is 13.0. The average molecular weight is 506 g/mol. The van der Waals surface area contributed by atoms with E-state index in [0.717, 1.165) is 31.6 Å². The molecule has 3 aromatic rings. The number of anilines is 1. The van der Waals surface area contributed by atoms with Crippen molar-refractivity contribution in [2.24, 2.45) is 5.73 Å². The lowest BCUT2D eigenvalue weighted by Gasteiger charge is -2.35. The van der Waals surface area contributed by atoms with Crippen LogP contribution in [0.5, 0.6) is 0 Å². The minimum Gasteiger partial charge on any atom is -0.369 e. The summed E-state index contributed by atoms with van der Waals surface area (Å²) >= 11 is -1.57. The van der Waals surface area contributed by atoms with Gasteiger partial charge in [-0.1, -0.05) is 43.5 Å². The molecule has 1 fully saturated rings. The van der Waals surface area contributed by atoms with Gasteiger partial charge < -0.3 is 15.2 Å². The second-order valence-electron chi connectivity index (χ2n) is 10.6. The van der Waals surface area contributed by atoms with E-state index in [2.05, 4.69) is 38.5 Å². The smallest absolute Gasteiger partial charge is 0.264 e. The van der Waals surface area contributed by atoms with E-state index in [1.54, 1.807) is 14.1 Å². The Bertz CT molecular complexity index is 1360. The monoisotopic (exact) mass is 505 g/mol. The lowest BCUT2D eigenvalue weighted by molar-refractivity contribution is 0.0981. The highest BCUT2D eigenvalue weighted by molar-refractivity contribution is 7.81. The predicted molar refractivity (Wildman–Crippen MR) is 146 cm³/mol. The zero-order chi connectivity index (χ0) is 25.0. The van der Waals surface area contributed by atoms with Gasteiger partial charge in [-0.25, -0.2) is 8.51 Å². The van der Waals surface area contributed by atoms with Gasteiger partial charge in [0, 0.05) is 61.8 Å². The normalized spacial score (nSPS) is 20.7. The van der Waals surface area contributed by atoms with Crippen molar-refractivity contribution in [3.63, 3.8) is 0 Å². The number of nitrogens with zero attached hydrogens (tertiary/aromatic N) is 3. The van der Waals surface area contributed by atoms with Crippen molar-refractivity contribution < 1.29 is 9.00 Å². The minimum atomic E-state index is -1.57. The van der Waals surface area contributed by atoms with E-state index in [1.807, 2.05) is 12.1 Å². The molecule has 1 amide bonds. The fraction of sp³-hybridized carbons (Fsp3) is 0.464. The van der Waals surface area contributed by atoms with Crippen molar-refractivity contribution in [1.82, 2.24) is 13.6 Å². The molecule has 36 heavy (non-hydrogen) atoms. The Morgan fingerprint density at radius 2 is 1.86 bits per heavy atom. The molecule has 2 aromatic carbocycles. The highest BCUT2D eigenvalue weighted by Gasteiger charge is 2.34. The van der Waals surface area contributed by atoms with E-state index in [0.29, 0.717) is 11.5 Å². The van der Waals surface area contributed by atoms with Gasteiger partial charge in [0.15, 0.2) is 11.2 Å². The number of para-hydroxylation sites is 1. The van der Waals surface area contributed by atoms with E-state index in [9.17, 15) is 9.00 Å². The Hall–Kier alpha value is -2.68. The molecular weight excluding hydrogens is 470 g/mol. The van der Waals surface area contributed by atoms with Crippen LogP contribution < -0.4 is 15.4 Å². The second kappa shape index (κ2) is 9.32. The molecule has 190 valence electrons. The maximum Gasteiger partial charge on any atom is 0.264 e. The summed E-state index contributed by atoms with van der Waals surface area (Å²) in [6.07, 6.45) is 7.20. The predicted octanol–water partition coefficient (Wildman–Crippen LogP) is 4.45. The largest absolute Gasteiger partial charge is 0.369 e. The van der Waals surface area contributed by atoms with Crippen molar-refractivity contribution in [3.05, 3.63) is 53.1 Å². The fourth-order valence-corrected chi connectivity index (χ4v) is 6.94. The van der Waals surface area contributed by atoms with Gasteiger partial charge in [-0.05, 0) is 48.4 Å². The summed E-state index contributed by atoms with van der Waals surface area (Å²) in [5.41, 5.74) is 14.8. The van der Waals surface area contributed by atoms with Crippen LogP contribution in [0.15, 0.2) is 36.4 Å². The third-order valence-corrected chi connectivity index (χ3v) is 9.26. The van der Waals surface area contributed by atoms with Gasteiger partial charge in [-0.3, -0.25) is 9.52 Å². The number of hydrogen-bond donors (Lipinski definition) is 2. The van der Waals surface area contributed by atoms with Crippen LogP contribution in [0.3, 0.4) is 0 Å². The molecule has 8 heteroatoms. The summed E-state index contributed by atoms with van der Waals surface area (Å²) in [5.74, 6) is 0.193. The summed E-state index contributed by atoms with van der Waals surface area (Å²) in [6, 6.07) is 12.7. The van der Waals surface area contributed by atoms with Gasteiger partial charge >= 0.3 is 0 Å². The first kappa shape index (κ1) is 23.7. The van der Waals surface area contributed by atoms with Gasteiger partial charge in [0.2, 0.25) is 0 Å². The van der Waals surface area contributed by atoms with E-state index < -0.39 is 11.2 Å². The van der Waals surface area contributed by atoms with Crippen molar-refractivity contribution in [2.45, 2.75) is 57.0 Å². The van der Waals surface area contributed by atoms with Crippen LogP contribution in [0, 0.1) is 0 Å². The van der Waals surface area contributed by atoms with Crippen molar-refractivity contribution >= 4 is 33.7 Å². The molecule has 0 radical (unpaired) electrons. The molecule has 0 bridgehead atoms. The van der Waals surface area contributed by atoms with Crippen LogP contribution >= 0.6 is 0 Å². The maximum atomic E-state index is 13.0. The summed E-state index contributed by atoms with van der Waals surface area (Å²) in [7, 11) is 3.36. The molecule has 7 nitrogen and oxygen atoms in total. The number of fused-ring (bicyclic) bond motifs is 4. The van der Waals surface area contributed by atoms with Gasteiger partial charge in [0.25, 0.3) is 5.91 Å². The zero-order valence-corrected chi connectivity index (χ0v) is 21.9. The quantitative estimate of drug-likeness (QED) is 0.549. The molecule has 2 atom stereocenters. The Balaban J connectivity index is 1.56. The summed E-state index contributed by atoms with van der Waals surface area (Å²) in [5, 5.41) is 1.24. The fourth-order valence-electron chi connectivity index (χ4n) is 6.49. The number of amides is 1. The third-order valence-electron chi connectivity index (χ3n) is 8.23. The van der Waals surface area contributed by atoms with Crippen molar-refractivity contribution in [3.8, 4) is 11.3 Å². The topological polar surface area (TPSA) is 83.6 Å². The average Bonchev–Trinajstić information content (AvgIpc) is 3.12. The lowest BCUT2D eigenvalue weighted by atomic mass is 9.81. The molecule has 3 heterocycles. The molecule has 1 aromatic heterocycles. The number of nitrogens with one attached hydrogen (secondary N) is 1. The van der Waals surface area contributed by atoms with Crippen molar-refractivity contribution in [2.75, 3.05) is 32.1 Å². The van der Waals surface area contributed by atoms with Crippen LogP contribution in [-0.4, -0.2) is 46.2 Å². The number of nitrogens with two attached hydrogens (primary N) is 1. The van der Waals surface area contributed by atoms with Crippen LogP contribution in [0.25, 0.3) is 22.2 Å². The van der Waals surface area contributed by atoms with Gasteiger partial charge in [0.1, 0.15) is 0 Å². The standard InChI is InChI=1S/C28H35N5O2S/c1-31(2)36(35)30-28(34)19-11-12-21-24(17-19)33-16-15-32-14-13-23(29)20-9-6-10-22(26(20)32)27(33)25(21)18-7-4-3-5-8-18/h6,9-12,17-18,23H,3-5,7-8,13-16,29H2,1-2H3,(H,30,34)/t23-,36?/m1/s1. The van der Waals surface area contributed by atoms with Gasteiger partial charge in [0.05, 0.1) is 11.4 Å². The Morgan fingerprint density at radius 3 is 2.64 bits per heavy atom. The van der Waals surface area contributed by atoms with Gasteiger partial charge in [-0.2, -0.15) is 0 Å². The Kier molecular flexibility index (Phi) is 6.14. The molecule has 0 saturated heterocycles. The molecule has 6 rings (SSSR count). The first-order chi connectivity index (χ1) is 17.4. The molecule has 3 aliphatic rings. The molecular formula is C28H35N5O2S. The van der Waals surface area contributed by atoms with Crippen molar-refractivity contribution in [1.29, 1.82) is 0 Å². The number of hydrogen-bond acceptors (Lipinski definition) is 4. The van der Waals surface area contributed by atoms with Crippen LogP contribution in [-0.2, 0) is 17.7 Å². The van der Waals surface area contributed by atoms with E-state index in [1.165, 1.54) is 69.9 Å². The molecule has 2 aliphatic heterocycles. The molecule has 1 saturated carbocycles. The molecule has 1 unspecified atom stereocenters. The summed E-state index contributed by atoms with van der Waals surface area (Å²) in [4.78, 5) is 15.5. The van der Waals surface area contributed by atoms with Crippen LogP contribution in [0.1, 0.15) is 72.0 Å². The zero-order valence-electron chi connectivity index (χ0n) is 21.1. The van der Waals surface area contributed by atoms with Gasteiger partial charge in [-0.15, -0.1) is 0 Å². The first-order valence-electron chi connectivity index (χ1n) is 13.1. The number of carbonyl (C=O) groups is 1. The third kappa shape index (κ3) is 3.86. The second-order valence-corrected chi connectivity index (χ2v) is 12.0. The van der Waals surface area contributed by atoms with E-state index >= 15 is 0 Å².